The largest absolute Gasteiger partial charge is 0.504 e. The van der Waals surface area contributed by atoms with Gasteiger partial charge in [0.25, 0.3) is 5.91 Å². The number of benzene rings is 1. The van der Waals surface area contributed by atoms with Crippen LogP contribution in [-0.2, 0) is 4.79 Å². The van der Waals surface area contributed by atoms with Crippen LogP contribution in [0.15, 0.2) is 18.2 Å². The number of rotatable bonds is 1. The van der Waals surface area contributed by atoms with E-state index in [2.05, 4.69) is 0 Å². The molecule has 1 aliphatic rings. The minimum atomic E-state index is -0.316. The van der Waals surface area contributed by atoms with Gasteiger partial charge in [0.15, 0.2) is 11.5 Å². The van der Waals surface area contributed by atoms with E-state index in [1.54, 1.807) is 4.90 Å². The Labute approximate surface area is 98.3 Å². The lowest BCUT2D eigenvalue weighted by Gasteiger charge is -2.26. The number of phenolic OH excluding ortho intramolecular Hbond substituents is 2. The van der Waals surface area contributed by atoms with Crippen molar-refractivity contribution in [1.82, 2.24) is 4.90 Å². The fourth-order valence-corrected chi connectivity index (χ4v) is 1.80. The van der Waals surface area contributed by atoms with E-state index in [-0.39, 0.29) is 23.2 Å². The molecule has 5 heteroatoms. The van der Waals surface area contributed by atoms with Crippen LogP contribution in [0.5, 0.6) is 11.5 Å². The van der Waals surface area contributed by atoms with Gasteiger partial charge in [-0.15, -0.1) is 0 Å². The van der Waals surface area contributed by atoms with Crippen molar-refractivity contribution in [3.63, 3.8) is 0 Å². The van der Waals surface area contributed by atoms with Crippen molar-refractivity contribution in [3.05, 3.63) is 23.8 Å². The summed E-state index contributed by atoms with van der Waals surface area (Å²) in [6.07, 6.45) is 0.769. The zero-order chi connectivity index (χ0) is 12.4. The van der Waals surface area contributed by atoms with Gasteiger partial charge in [-0.25, -0.2) is 0 Å². The van der Waals surface area contributed by atoms with Crippen LogP contribution in [0, 0.1) is 0 Å². The molecule has 0 aliphatic carbocycles. The summed E-state index contributed by atoms with van der Waals surface area (Å²) in [6.45, 7) is 0.832. The van der Waals surface area contributed by atoms with Crippen molar-refractivity contribution < 1.29 is 19.8 Å². The summed E-state index contributed by atoms with van der Waals surface area (Å²) in [7, 11) is 0. The normalized spacial score (nSPS) is 16.0. The molecule has 1 amide bonds. The molecule has 1 aromatic rings. The number of ketones is 1. The quantitative estimate of drug-likeness (QED) is 0.709. The Kier molecular flexibility index (Phi) is 2.99. The maximum absolute atomic E-state index is 12.0. The number of carbonyl (C=O) groups excluding carboxylic acids is 2. The number of Topliss-reactive ketones (excluding diaryl/α,β-unsaturated/α-hetero) is 1. The highest BCUT2D eigenvalue weighted by atomic mass is 16.3. The summed E-state index contributed by atoms with van der Waals surface area (Å²) in [5.74, 6) is -0.630. The highest BCUT2D eigenvalue weighted by molar-refractivity contribution is 5.96. The fourth-order valence-electron chi connectivity index (χ4n) is 1.80. The molecule has 0 unspecified atom stereocenters. The van der Waals surface area contributed by atoms with Crippen molar-refractivity contribution >= 4 is 11.7 Å². The Bertz CT molecular complexity index is 460. The van der Waals surface area contributed by atoms with E-state index in [4.69, 9.17) is 5.11 Å². The average molecular weight is 235 g/mol. The van der Waals surface area contributed by atoms with E-state index in [0.717, 1.165) is 0 Å². The van der Waals surface area contributed by atoms with Gasteiger partial charge >= 0.3 is 0 Å². The molecular formula is C12H13NO4. The molecule has 0 radical (unpaired) electrons. The Morgan fingerprint density at radius 3 is 2.35 bits per heavy atom. The minimum Gasteiger partial charge on any atom is -0.504 e. The second kappa shape index (κ2) is 4.45. The van der Waals surface area contributed by atoms with E-state index >= 15 is 0 Å². The van der Waals surface area contributed by atoms with Crippen molar-refractivity contribution in [2.45, 2.75) is 12.8 Å². The van der Waals surface area contributed by atoms with Crippen molar-refractivity contribution in [3.8, 4) is 11.5 Å². The summed E-state index contributed by atoms with van der Waals surface area (Å²) in [5, 5.41) is 18.5. The molecule has 1 heterocycles. The van der Waals surface area contributed by atoms with Gasteiger partial charge in [-0.1, -0.05) is 0 Å². The summed E-state index contributed by atoms with van der Waals surface area (Å²) in [6, 6.07) is 3.96. The number of hydrogen-bond donors (Lipinski definition) is 2. The number of carbonyl (C=O) groups is 2. The zero-order valence-electron chi connectivity index (χ0n) is 9.22. The van der Waals surface area contributed by atoms with E-state index < -0.39 is 0 Å². The molecule has 0 atom stereocenters. The molecule has 17 heavy (non-hydrogen) atoms. The van der Waals surface area contributed by atoms with Crippen LogP contribution in [-0.4, -0.2) is 39.9 Å². The van der Waals surface area contributed by atoms with Crippen LogP contribution in [0.2, 0.25) is 0 Å². The Morgan fingerprint density at radius 1 is 1.12 bits per heavy atom. The van der Waals surface area contributed by atoms with Crippen molar-refractivity contribution in [2.24, 2.45) is 0 Å². The summed E-state index contributed by atoms with van der Waals surface area (Å²) >= 11 is 0. The second-order valence-electron chi connectivity index (χ2n) is 4.03. The molecule has 2 N–H and O–H groups in total. The van der Waals surface area contributed by atoms with Gasteiger partial charge in [0.05, 0.1) is 0 Å². The van der Waals surface area contributed by atoms with Gasteiger partial charge in [0.2, 0.25) is 0 Å². The number of amides is 1. The molecule has 1 aliphatic heterocycles. The van der Waals surface area contributed by atoms with Crippen LogP contribution < -0.4 is 0 Å². The minimum absolute atomic E-state index is 0.169. The first-order valence-corrected chi connectivity index (χ1v) is 5.41. The molecule has 1 aromatic carbocycles. The molecule has 5 nitrogen and oxygen atoms in total. The SMILES string of the molecule is O=C1CCN(C(=O)c2ccc(O)c(O)c2)CC1. The number of hydrogen-bond acceptors (Lipinski definition) is 4. The van der Waals surface area contributed by atoms with Crippen molar-refractivity contribution in [1.29, 1.82) is 0 Å². The Hall–Kier alpha value is -2.04. The molecule has 0 spiro atoms. The molecule has 1 saturated heterocycles. The Morgan fingerprint density at radius 2 is 1.76 bits per heavy atom. The van der Waals surface area contributed by atoms with Crippen LogP contribution >= 0.6 is 0 Å². The van der Waals surface area contributed by atoms with Crippen molar-refractivity contribution in [2.75, 3.05) is 13.1 Å². The molecule has 2 rings (SSSR count). The molecule has 0 aromatic heterocycles. The van der Waals surface area contributed by atoms with Gasteiger partial charge in [0, 0.05) is 31.5 Å². The molecule has 0 saturated carbocycles. The van der Waals surface area contributed by atoms with Crippen LogP contribution in [0.25, 0.3) is 0 Å². The smallest absolute Gasteiger partial charge is 0.254 e. The second-order valence-corrected chi connectivity index (χ2v) is 4.03. The van der Waals surface area contributed by atoms with Gasteiger partial charge < -0.3 is 15.1 Å². The number of aromatic hydroxyl groups is 2. The summed E-state index contributed by atoms with van der Waals surface area (Å²) < 4.78 is 0. The van der Waals surface area contributed by atoms with E-state index in [0.29, 0.717) is 31.5 Å². The highest BCUT2D eigenvalue weighted by Crippen LogP contribution is 2.25. The standard InChI is InChI=1S/C12H13NO4/c14-9-3-5-13(6-4-9)12(17)8-1-2-10(15)11(16)7-8/h1-2,7,15-16H,3-6H2. The van der Waals surface area contributed by atoms with E-state index in [1.807, 2.05) is 0 Å². The zero-order valence-corrected chi connectivity index (χ0v) is 9.22. The van der Waals surface area contributed by atoms with Gasteiger partial charge in [-0.2, -0.15) is 0 Å². The number of phenols is 2. The monoisotopic (exact) mass is 235 g/mol. The molecule has 1 fully saturated rings. The predicted molar refractivity (Wildman–Crippen MR) is 59.9 cm³/mol. The third-order valence-electron chi connectivity index (χ3n) is 2.83. The van der Waals surface area contributed by atoms with E-state index in [1.165, 1.54) is 18.2 Å². The molecule has 0 bridgehead atoms. The first-order valence-electron chi connectivity index (χ1n) is 5.41. The van der Waals surface area contributed by atoms with E-state index in [9.17, 15) is 14.7 Å². The van der Waals surface area contributed by atoms with Crippen LogP contribution in [0.1, 0.15) is 23.2 Å². The van der Waals surface area contributed by atoms with Gasteiger partial charge in [-0.05, 0) is 18.2 Å². The lowest BCUT2D eigenvalue weighted by atomic mass is 10.1. The lowest BCUT2D eigenvalue weighted by Crippen LogP contribution is -2.38. The Balaban J connectivity index is 2.14. The summed E-state index contributed by atoms with van der Waals surface area (Å²) in [5.41, 5.74) is 0.314. The maximum Gasteiger partial charge on any atom is 0.254 e. The lowest BCUT2D eigenvalue weighted by molar-refractivity contribution is -0.120. The van der Waals surface area contributed by atoms with Gasteiger partial charge in [-0.3, -0.25) is 9.59 Å². The number of likely N-dealkylation sites (tertiary alicyclic amines) is 1. The maximum atomic E-state index is 12.0. The first kappa shape index (κ1) is 11.4. The molecular weight excluding hydrogens is 222 g/mol. The molecule has 90 valence electrons. The highest BCUT2D eigenvalue weighted by Gasteiger charge is 2.22. The average Bonchev–Trinajstić information content (AvgIpc) is 2.33. The van der Waals surface area contributed by atoms with Crippen LogP contribution in [0.3, 0.4) is 0 Å². The number of piperidine rings is 1. The first-order chi connectivity index (χ1) is 8.08. The van der Waals surface area contributed by atoms with Crippen LogP contribution in [0.4, 0.5) is 0 Å². The summed E-state index contributed by atoms with van der Waals surface area (Å²) in [4.78, 5) is 24.6. The van der Waals surface area contributed by atoms with Gasteiger partial charge in [0.1, 0.15) is 5.78 Å². The number of nitrogens with zero attached hydrogens (tertiary/aromatic N) is 1. The topological polar surface area (TPSA) is 77.8 Å². The fraction of sp³-hybridized carbons (Fsp3) is 0.333. The third kappa shape index (κ3) is 2.38. The third-order valence-corrected chi connectivity index (χ3v) is 2.83. The predicted octanol–water partition coefficient (Wildman–Crippen LogP) is 0.903.